The fraction of sp³-hybridized carbons (Fsp3) is 0.233. The van der Waals surface area contributed by atoms with E-state index in [0.29, 0.717) is 28.5 Å². The van der Waals surface area contributed by atoms with Gasteiger partial charge in [-0.3, -0.25) is 9.36 Å². The van der Waals surface area contributed by atoms with Gasteiger partial charge in [0.1, 0.15) is 12.4 Å². The minimum atomic E-state index is -0.441. The monoisotopic (exact) mass is 494 g/mol. The van der Waals surface area contributed by atoms with Crippen LogP contribution in [-0.2, 0) is 6.54 Å². The summed E-state index contributed by atoms with van der Waals surface area (Å²) in [6.45, 7) is 6.56. The maximum Gasteiger partial charge on any atom is 0.337 e. The minimum Gasteiger partial charge on any atom is -0.492 e. The van der Waals surface area contributed by atoms with Crippen LogP contribution in [0.4, 0.5) is 0 Å². The number of ether oxygens (including phenoxy) is 1. The third-order valence-corrected chi connectivity index (χ3v) is 6.70. The number of rotatable bonds is 8. The number of nitrogens with zero attached hydrogens (tertiary/aromatic N) is 4. The number of hydrogen-bond donors (Lipinski definition) is 0. The van der Waals surface area contributed by atoms with Gasteiger partial charge in [-0.15, -0.1) is 0 Å². The van der Waals surface area contributed by atoms with Gasteiger partial charge in [0.2, 0.25) is 0 Å². The lowest BCUT2D eigenvalue weighted by atomic mass is 10.0. The van der Waals surface area contributed by atoms with E-state index in [2.05, 4.69) is 18.8 Å². The third kappa shape index (κ3) is 4.72. The van der Waals surface area contributed by atoms with E-state index in [4.69, 9.17) is 4.74 Å². The van der Waals surface area contributed by atoms with Gasteiger partial charge in [-0.1, -0.05) is 74.5 Å². The first-order chi connectivity index (χ1) is 18.0. The molecule has 0 saturated carbocycles. The number of aromatic nitrogens is 4. The lowest BCUT2D eigenvalue weighted by Crippen LogP contribution is -2.41. The highest BCUT2D eigenvalue weighted by Crippen LogP contribution is 2.23. The van der Waals surface area contributed by atoms with Crippen LogP contribution in [-0.4, -0.2) is 25.3 Å². The molecule has 7 heteroatoms. The van der Waals surface area contributed by atoms with Gasteiger partial charge in [-0.05, 0) is 48.2 Å². The van der Waals surface area contributed by atoms with Crippen molar-refractivity contribution in [3.8, 4) is 11.4 Å². The van der Waals surface area contributed by atoms with Crippen molar-refractivity contribution in [1.82, 2.24) is 18.7 Å². The minimum absolute atomic E-state index is 0.109. The second kappa shape index (κ2) is 10.3. The number of para-hydroxylation sites is 1. The summed E-state index contributed by atoms with van der Waals surface area (Å²) < 4.78 is 10.4. The Balaban J connectivity index is 1.65. The second-order valence-corrected chi connectivity index (χ2v) is 9.39. The van der Waals surface area contributed by atoms with Crippen LogP contribution in [0.15, 0.2) is 101 Å². The molecule has 3 aromatic carbocycles. The van der Waals surface area contributed by atoms with E-state index in [1.165, 1.54) is 14.7 Å². The van der Waals surface area contributed by atoms with Crippen LogP contribution in [0.3, 0.4) is 0 Å². The molecule has 0 spiro atoms. The highest BCUT2D eigenvalue weighted by Gasteiger charge is 2.22. The lowest BCUT2D eigenvalue weighted by molar-refractivity contribution is 0.293. The number of fused-ring (bicyclic) bond motifs is 1. The molecular weight excluding hydrogens is 464 g/mol. The maximum absolute atomic E-state index is 13.8. The Kier molecular flexibility index (Phi) is 6.77. The summed E-state index contributed by atoms with van der Waals surface area (Å²) in [7, 11) is 0. The quantitative estimate of drug-likeness (QED) is 0.299. The number of benzene rings is 3. The molecule has 0 fully saturated rings. The fourth-order valence-corrected chi connectivity index (χ4v) is 4.54. The Bertz CT molecular complexity index is 1620. The molecule has 1 atom stereocenters. The summed E-state index contributed by atoms with van der Waals surface area (Å²) in [5.74, 6) is 1.05. The predicted molar refractivity (Wildman–Crippen MR) is 146 cm³/mol. The van der Waals surface area contributed by atoms with Crippen molar-refractivity contribution in [1.29, 1.82) is 0 Å². The predicted octanol–water partition coefficient (Wildman–Crippen LogP) is 5.16. The summed E-state index contributed by atoms with van der Waals surface area (Å²) in [6.07, 6.45) is 1.65. The van der Waals surface area contributed by atoms with Gasteiger partial charge in [-0.2, -0.15) is 0 Å². The Morgan fingerprint density at radius 1 is 0.811 bits per heavy atom. The molecular formula is C30H30N4O3. The first-order valence-corrected chi connectivity index (χ1v) is 12.5. The number of imidazole rings is 1. The van der Waals surface area contributed by atoms with Crippen LogP contribution >= 0.6 is 0 Å². The van der Waals surface area contributed by atoms with Gasteiger partial charge in [0.05, 0.1) is 24.6 Å². The van der Waals surface area contributed by atoms with Crippen molar-refractivity contribution >= 4 is 11.2 Å². The molecule has 2 heterocycles. The van der Waals surface area contributed by atoms with E-state index in [-0.39, 0.29) is 24.8 Å². The van der Waals surface area contributed by atoms with E-state index in [0.717, 1.165) is 5.56 Å². The van der Waals surface area contributed by atoms with E-state index < -0.39 is 5.69 Å². The zero-order valence-electron chi connectivity index (χ0n) is 21.2. The van der Waals surface area contributed by atoms with Crippen molar-refractivity contribution in [3.05, 3.63) is 123 Å². The Labute approximate surface area is 215 Å². The molecule has 0 aliphatic heterocycles. The van der Waals surface area contributed by atoms with E-state index >= 15 is 0 Å². The normalized spacial score (nSPS) is 12.2. The number of hydrogen-bond acceptors (Lipinski definition) is 4. The second-order valence-electron chi connectivity index (χ2n) is 9.39. The van der Waals surface area contributed by atoms with Gasteiger partial charge in [0.15, 0.2) is 11.2 Å². The molecule has 0 N–H and O–H groups in total. The van der Waals surface area contributed by atoms with Crippen LogP contribution in [0.5, 0.6) is 5.75 Å². The van der Waals surface area contributed by atoms with Gasteiger partial charge in [-0.25, -0.2) is 14.3 Å². The third-order valence-electron chi connectivity index (χ3n) is 6.70. The molecule has 7 nitrogen and oxygen atoms in total. The largest absolute Gasteiger partial charge is 0.492 e. The lowest BCUT2D eigenvalue weighted by Gasteiger charge is -2.17. The zero-order chi connectivity index (χ0) is 25.9. The molecule has 0 radical (unpaired) electrons. The average molecular weight is 495 g/mol. The van der Waals surface area contributed by atoms with E-state index in [1.54, 1.807) is 6.33 Å². The van der Waals surface area contributed by atoms with Crippen molar-refractivity contribution in [3.63, 3.8) is 0 Å². The van der Waals surface area contributed by atoms with Gasteiger partial charge >= 0.3 is 5.69 Å². The molecule has 188 valence electrons. The van der Waals surface area contributed by atoms with Crippen molar-refractivity contribution in [2.75, 3.05) is 6.61 Å². The van der Waals surface area contributed by atoms with Crippen LogP contribution in [0.2, 0.25) is 0 Å². The molecule has 0 amide bonds. The van der Waals surface area contributed by atoms with Crippen molar-refractivity contribution in [2.24, 2.45) is 0 Å². The Morgan fingerprint density at radius 3 is 2.11 bits per heavy atom. The summed E-state index contributed by atoms with van der Waals surface area (Å²) in [5.41, 5.74) is 2.77. The highest BCUT2D eigenvalue weighted by molar-refractivity contribution is 5.73. The molecule has 0 aliphatic carbocycles. The van der Waals surface area contributed by atoms with Crippen LogP contribution in [0.25, 0.3) is 16.9 Å². The molecule has 0 aliphatic rings. The van der Waals surface area contributed by atoms with Crippen molar-refractivity contribution in [2.45, 2.75) is 39.3 Å². The Morgan fingerprint density at radius 2 is 1.46 bits per heavy atom. The van der Waals surface area contributed by atoms with Gasteiger partial charge < -0.3 is 9.30 Å². The van der Waals surface area contributed by atoms with E-state index in [9.17, 15) is 9.59 Å². The fourth-order valence-electron chi connectivity index (χ4n) is 4.54. The van der Waals surface area contributed by atoms with Crippen LogP contribution < -0.4 is 16.0 Å². The van der Waals surface area contributed by atoms with Gasteiger partial charge in [0, 0.05) is 0 Å². The van der Waals surface area contributed by atoms with Crippen molar-refractivity contribution < 1.29 is 4.74 Å². The zero-order valence-corrected chi connectivity index (χ0v) is 21.2. The summed E-state index contributed by atoms with van der Waals surface area (Å²) in [6, 6.07) is 27.0. The Hall–Kier alpha value is -4.39. The summed E-state index contributed by atoms with van der Waals surface area (Å²) in [5, 5.41) is 0. The summed E-state index contributed by atoms with van der Waals surface area (Å²) in [4.78, 5) is 32.1. The molecule has 0 saturated heterocycles. The molecule has 5 rings (SSSR count). The highest BCUT2D eigenvalue weighted by atomic mass is 16.5. The first kappa shape index (κ1) is 24.3. The molecule has 0 bridgehead atoms. The molecule has 5 aromatic rings. The smallest absolute Gasteiger partial charge is 0.337 e. The van der Waals surface area contributed by atoms with E-state index in [1.807, 2.05) is 96.4 Å². The molecule has 0 unspecified atom stereocenters. The average Bonchev–Trinajstić information content (AvgIpc) is 3.36. The summed E-state index contributed by atoms with van der Waals surface area (Å²) >= 11 is 0. The maximum atomic E-state index is 13.8. The van der Waals surface area contributed by atoms with Gasteiger partial charge in [0.25, 0.3) is 5.56 Å². The standard InChI is InChI=1S/C30H30N4O3/c1-21(2)23-14-16-25(17-15-23)34-28-27(33(20-31-28)22(3)24-10-6-4-7-11-24)29(35)32(30(34)36)18-19-37-26-12-8-5-9-13-26/h4-17,20-22H,18-19H2,1-3H3/t22-/m1/s1. The SMILES string of the molecule is CC(C)c1ccc(-n2c(=O)n(CCOc3ccccc3)c(=O)c3c2ncn3[C@H](C)c2ccccc2)cc1. The molecule has 37 heavy (non-hydrogen) atoms. The first-order valence-electron chi connectivity index (χ1n) is 12.5. The van der Waals surface area contributed by atoms with Crippen LogP contribution in [0.1, 0.15) is 43.9 Å². The topological polar surface area (TPSA) is 71.1 Å². The molecule has 2 aromatic heterocycles. The van der Waals surface area contributed by atoms with Crippen LogP contribution in [0, 0.1) is 0 Å².